The Morgan fingerprint density at radius 2 is 2.00 bits per heavy atom. The number of halogens is 1. The summed E-state index contributed by atoms with van der Waals surface area (Å²) in [5.74, 6) is 0. The number of nitrogens with zero attached hydrogens (tertiary/aromatic N) is 2. The van der Waals surface area contributed by atoms with Crippen molar-refractivity contribution in [3.63, 3.8) is 0 Å². The molecular formula is C11H7ClN4O5S. The Kier molecular flexibility index (Phi) is 3.07. The Labute approximate surface area is 126 Å². The van der Waals surface area contributed by atoms with Crippen LogP contribution in [0.4, 0.5) is 0 Å². The van der Waals surface area contributed by atoms with Crippen LogP contribution in [0.3, 0.4) is 0 Å². The molecule has 0 saturated carbocycles. The number of hydrogen-bond donors (Lipinski definition) is 3. The van der Waals surface area contributed by atoms with Crippen molar-refractivity contribution < 1.29 is 13.6 Å². The lowest BCUT2D eigenvalue weighted by molar-refractivity contribution is 0.162. The molecule has 0 aliphatic heterocycles. The number of H-pyrrole nitrogens is 2. The molecule has 0 unspecified atom stereocenters. The Hall–Kier alpha value is -2.59. The molecule has 0 radical (unpaired) electrons. The van der Waals surface area contributed by atoms with Crippen molar-refractivity contribution >= 4 is 32.3 Å². The zero-order valence-electron chi connectivity index (χ0n) is 10.6. The van der Waals surface area contributed by atoms with Gasteiger partial charge in [-0.1, -0.05) is 16.3 Å². The summed E-state index contributed by atoms with van der Waals surface area (Å²) >= 11 is 5.87. The number of benzene rings is 1. The molecule has 9 nitrogen and oxygen atoms in total. The van der Waals surface area contributed by atoms with Gasteiger partial charge in [0, 0.05) is 0 Å². The smallest absolute Gasteiger partial charge is 0.362 e. The Balaban J connectivity index is 2.51. The van der Waals surface area contributed by atoms with Crippen LogP contribution in [0.1, 0.15) is 0 Å². The van der Waals surface area contributed by atoms with Gasteiger partial charge < -0.3 is 15.2 Å². The van der Waals surface area contributed by atoms with Crippen LogP contribution < -0.4 is 11.2 Å². The fourth-order valence-electron chi connectivity index (χ4n) is 1.98. The first kappa shape index (κ1) is 14.4. The largest absolute Gasteiger partial charge is 0.421 e. The molecule has 0 fully saturated rings. The summed E-state index contributed by atoms with van der Waals surface area (Å²) < 4.78 is 24.9. The van der Waals surface area contributed by atoms with E-state index in [1.165, 1.54) is 12.4 Å². The van der Waals surface area contributed by atoms with Crippen LogP contribution in [-0.4, -0.2) is 33.3 Å². The van der Waals surface area contributed by atoms with Crippen molar-refractivity contribution in [1.82, 2.24) is 19.7 Å². The third-order valence-electron chi connectivity index (χ3n) is 3.00. The number of aromatic amines is 2. The van der Waals surface area contributed by atoms with Gasteiger partial charge in [-0.05, 0) is 12.1 Å². The van der Waals surface area contributed by atoms with Crippen LogP contribution in [0.25, 0.3) is 10.9 Å². The maximum Gasteiger partial charge on any atom is 0.362 e. The first-order chi connectivity index (χ1) is 10.3. The minimum Gasteiger partial charge on any atom is -0.421 e. The zero-order chi connectivity index (χ0) is 16.1. The molecule has 114 valence electrons. The van der Waals surface area contributed by atoms with Gasteiger partial charge in [0.05, 0.1) is 33.3 Å². The third kappa shape index (κ3) is 1.92. The second-order valence-electron chi connectivity index (χ2n) is 4.26. The molecule has 11 heteroatoms. The molecular weight excluding hydrogens is 336 g/mol. The Bertz CT molecular complexity index is 1100. The Morgan fingerprint density at radius 1 is 1.27 bits per heavy atom. The van der Waals surface area contributed by atoms with E-state index < -0.39 is 21.1 Å². The summed E-state index contributed by atoms with van der Waals surface area (Å²) in [4.78, 5) is 31.3. The highest BCUT2D eigenvalue weighted by Gasteiger charge is 2.25. The van der Waals surface area contributed by atoms with Crippen molar-refractivity contribution in [3.8, 4) is 0 Å². The lowest BCUT2D eigenvalue weighted by atomic mass is 10.2. The molecule has 0 saturated heterocycles. The second kappa shape index (κ2) is 4.71. The highest BCUT2D eigenvalue weighted by Crippen LogP contribution is 2.28. The molecule has 0 amide bonds. The van der Waals surface area contributed by atoms with Crippen LogP contribution in [-0.2, 0) is 9.84 Å². The van der Waals surface area contributed by atoms with Gasteiger partial charge in [0.25, 0.3) is 5.56 Å². The number of fused-ring (bicyclic) bond motifs is 1. The van der Waals surface area contributed by atoms with E-state index in [0.717, 1.165) is 12.3 Å². The number of hydrogen-bond acceptors (Lipinski definition) is 6. The van der Waals surface area contributed by atoms with Crippen molar-refractivity contribution in [1.29, 1.82) is 0 Å². The van der Waals surface area contributed by atoms with Gasteiger partial charge in [-0.3, -0.25) is 4.79 Å². The predicted molar refractivity (Wildman–Crippen MR) is 75.1 cm³/mol. The molecule has 0 bridgehead atoms. The van der Waals surface area contributed by atoms with Crippen LogP contribution in [0.5, 0.6) is 0 Å². The third-order valence-corrected chi connectivity index (χ3v) is 5.04. The molecule has 3 rings (SSSR count). The van der Waals surface area contributed by atoms with E-state index in [1.807, 2.05) is 0 Å². The van der Waals surface area contributed by atoms with Crippen LogP contribution >= 0.6 is 11.6 Å². The van der Waals surface area contributed by atoms with Gasteiger partial charge in [-0.25, -0.2) is 18.2 Å². The van der Waals surface area contributed by atoms with Gasteiger partial charge >= 0.3 is 5.69 Å². The average molecular weight is 343 g/mol. The fourth-order valence-corrected chi connectivity index (χ4v) is 3.53. The molecule has 22 heavy (non-hydrogen) atoms. The van der Waals surface area contributed by atoms with E-state index in [4.69, 9.17) is 11.6 Å². The standard InChI is InChI=1S/C11H7ClN4O5S/c12-5-1-2-6(22(20,21)7-3-13-4-14-7)9-8(5)10(17)16(19)11(18)15-9/h1-4,19H,(H,13,14)(H,15,18). The van der Waals surface area contributed by atoms with E-state index in [-0.39, 0.29) is 30.6 Å². The van der Waals surface area contributed by atoms with Gasteiger partial charge in [0.1, 0.15) is 0 Å². The maximum atomic E-state index is 12.5. The molecule has 3 N–H and O–H groups in total. The summed E-state index contributed by atoms with van der Waals surface area (Å²) in [5, 5.41) is 8.70. The van der Waals surface area contributed by atoms with Crippen molar-refractivity contribution in [3.05, 3.63) is 50.5 Å². The van der Waals surface area contributed by atoms with Crippen molar-refractivity contribution in [2.75, 3.05) is 0 Å². The first-order valence-electron chi connectivity index (χ1n) is 5.74. The molecule has 0 aliphatic carbocycles. The molecule has 2 aromatic heterocycles. The van der Waals surface area contributed by atoms with E-state index in [2.05, 4.69) is 15.0 Å². The second-order valence-corrected chi connectivity index (χ2v) is 6.56. The topological polar surface area (TPSA) is 138 Å². The fraction of sp³-hybridized carbons (Fsp3) is 0. The van der Waals surface area contributed by atoms with Gasteiger partial charge in [-0.2, -0.15) is 0 Å². The number of rotatable bonds is 2. The van der Waals surface area contributed by atoms with E-state index in [0.29, 0.717) is 0 Å². The van der Waals surface area contributed by atoms with Crippen LogP contribution in [0.2, 0.25) is 5.02 Å². The van der Waals surface area contributed by atoms with Gasteiger partial charge in [0.15, 0.2) is 5.03 Å². The number of imidazole rings is 1. The quantitative estimate of drug-likeness (QED) is 0.566. The highest BCUT2D eigenvalue weighted by atomic mass is 35.5. The first-order valence-corrected chi connectivity index (χ1v) is 7.60. The molecule has 0 atom stereocenters. The number of nitrogens with one attached hydrogen (secondary N) is 2. The lowest BCUT2D eigenvalue weighted by Gasteiger charge is -2.08. The minimum absolute atomic E-state index is 0.109. The summed E-state index contributed by atoms with van der Waals surface area (Å²) in [6.45, 7) is 0. The predicted octanol–water partition coefficient (Wildman–Crippen LogP) is 0.136. The monoisotopic (exact) mass is 342 g/mol. The summed E-state index contributed by atoms with van der Waals surface area (Å²) in [6, 6.07) is 2.34. The summed E-state index contributed by atoms with van der Waals surface area (Å²) in [7, 11) is -4.06. The van der Waals surface area contributed by atoms with Crippen LogP contribution in [0, 0.1) is 0 Å². The van der Waals surface area contributed by atoms with Crippen LogP contribution in [0.15, 0.2) is 44.2 Å². The SMILES string of the molecule is O=c1[nH]c2c(S(=O)(=O)c3cnc[nH]3)ccc(Cl)c2c(=O)n1O. The molecule has 0 spiro atoms. The van der Waals surface area contributed by atoms with E-state index in [9.17, 15) is 23.2 Å². The maximum absolute atomic E-state index is 12.5. The van der Waals surface area contributed by atoms with Crippen molar-refractivity contribution in [2.45, 2.75) is 9.92 Å². The Morgan fingerprint density at radius 3 is 2.64 bits per heavy atom. The minimum atomic E-state index is -4.06. The van der Waals surface area contributed by atoms with Gasteiger partial charge in [-0.15, -0.1) is 0 Å². The summed E-state index contributed by atoms with van der Waals surface area (Å²) in [5.41, 5.74) is -2.59. The molecule has 1 aromatic carbocycles. The molecule has 0 aliphatic rings. The van der Waals surface area contributed by atoms with E-state index in [1.54, 1.807) is 0 Å². The zero-order valence-corrected chi connectivity index (χ0v) is 12.1. The molecule has 2 heterocycles. The molecule has 3 aromatic rings. The highest BCUT2D eigenvalue weighted by molar-refractivity contribution is 7.91. The lowest BCUT2D eigenvalue weighted by Crippen LogP contribution is -2.33. The number of sulfone groups is 1. The summed E-state index contributed by atoms with van der Waals surface area (Å²) in [6.07, 6.45) is 2.26. The number of aromatic nitrogens is 4. The normalized spacial score (nSPS) is 11.9. The average Bonchev–Trinajstić information content (AvgIpc) is 2.99. The van der Waals surface area contributed by atoms with Gasteiger partial charge in [0.2, 0.25) is 9.84 Å². The van der Waals surface area contributed by atoms with E-state index >= 15 is 0 Å². The van der Waals surface area contributed by atoms with Crippen molar-refractivity contribution in [2.24, 2.45) is 0 Å².